The van der Waals surface area contributed by atoms with Crippen LogP contribution < -0.4 is 5.32 Å². The fraction of sp³-hybridized carbons (Fsp3) is 0.391. The van der Waals surface area contributed by atoms with Crippen molar-refractivity contribution in [1.82, 2.24) is 10.2 Å². The van der Waals surface area contributed by atoms with Crippen LogP contribution in [0.25, 0.3) is 0 Å². The zero-order valence-electron chi connectivity index (χ0n) is 17.0. The van der Waals surface area contributed by atoms with Gasteiger partial charge in [0.2, 0.25) is 0 Å². The number of rotatable bonds is 4. The van der Waals surface area contributed by atoms with Crippen molar-refractivity contribution in [3.8, 4) is 6.07 Å². The molecule has 2 atom stereocenters. The van der Waals surface area contributed by atoms with Gasteiger partial charge in [-0.05, 0) is 62.6 Å². The third-order valence-electron chi connectivity index (χ3n) is 4.85. The molecular weight excluding hydrogens is 386 g/mol. The Hall–Kier alpha value is -2.55. The van der Waals surface area contributed by atoms with E-state index in [1.807, 2.05) is 69.3 Å². The smallest absolute Gasteiger partial charge is 0.407 e. The van der Waals surface area contributed by atoms with Gasteiger partial charge in [0.1, 0.15) is 5.60 Å². The van der Waals surface area contributed by atoms with Crippen LogP contribution in [0.15, 0.2) is 48.5 Å². The van der Waals surface area contributed by atoms with Crippen molar-refractivity contribution < 1.29 is 9.53 Å². The van der Waals surface area contributed by atoms with Crippen LogP contribution in [0.5, 0.6) is 0 Å². The van der Waals surface area contributed by atoms with Gasteiger partial charge in [-0.25, -0.2) is 4.79 Å². The standard InChI is InChI=1S/C23H26ClN3O2/c1-23(2,3)29-22(28)26-20-12-13-27(15-20)21(18-8-10-19(24)11-9-18)17-6-4-16(14-25)5-7-17/h4-11,20-21H,12-13,15H2,1-3H3,(H,26,28)/t20?,21-/m1/s1. The van der Waals surface area contributed by atoms with E-state index in [9.17, 15) is 4.79 Å². The molecule has 1 fully saturated rings. The van der Waals surface area contributed by atoms with Crippen LogP contribution in [-0.2, 0) is 4.74 Å². The van der Waals surface area contributed by atoms with E-state index in [1.54, 1.807) is 0 Å². The number of nitriles is 1. The van der Waals surface area contributed by atoms with Gasteiger partial charge in [0.25, 0.3) is 0 Å². The highest BCUT2D eigenvalue weighted by Gasteiger charge is 2.32. The molecule has 1 heterocycles. The van der Waals surface area contributed by atoms with E-state index < -0.39 is 5.60 Å². The highest BCUT2D eigenvalue weighted by Crippen LogP contribution is 2.32. The van der Waals surface area contributed by atoms with Crippen LogP contribution >= 0.6 is 11.6 Å². The Labute approximate surface area is 177 Å². The molecule has 1 amide bonds. The number of benzene rings is 2. The highest BCUT2D eigenvalue weighted by molar-refractivity contribution is 6.30. The van der Waals surface area contributed by atoms with Gasteiger partial charge in [0.15, 0.2) is 0 Å². The zero-order chi connectivity index (χ0) is 21.0. The lowest BCUT2D eigenvalue weighted by atomic mass is 9.96. The average molecular weight is 412 g/mol. The molecule has 0 aromatic heterocycles. The van der Waals surface area contributed by atoms with Gasteiger partial charge in [0.05, 0.1) is 17.7 Å². The lowest BCUT2D eigenvalue weighted by Crippen LogP contribution is -2.41. The van der Waals surface area contributed by atoms with Crippen molar-refractivity contribution in [2.75, 3.05) is 13.1 Å². The molecule has 5 nitrogen and oxygen atoms in total. The van der Waals surface area contributed by atoms with Crippen LogP contribution in [0.2, 0.25) is 5.02 Å². The number of alkyl carbamates (subject to hydrolysis) is 1. The highest BCUT2D eigenvalue weighted by atomic mass is 35.5. The lowest BCUT2D eigenvalue weighted by molar-refractivity contribution is 0.0505. The topological polar surface area (TPSA) is 65.4 Å². The summed E-state index contributed by atoms with van der Waals surface area (Å²) < 4.78 is 5.39. The Morgan fingerprint density at radius 1 is 1.17 bits per heavy atom. The van der Waals surface area contributed by atoms with Crippen molar-refractivity contribution >= 4 is 17.7 Å². The molecule has 3 rings (SSSR count). The van der Waals surface area contributed by atoms with Crippen molar-refractivity contribution in [2.24, 2.45) is 0 Å². The first-order valence-electron chi connectivity index (χ1n) is 9.74. The summed E-state index contributed by atoms with van der Waals surface area (Å²) in [6, 6.07) is 17.7. The summed E-state index contributed by atoms with van der Waals surface area (Å²) in [5.74, 6) is 0. The quantitative estimate of drug-likeness (QED) is 0.777. The average Bonchev–Trinajstić information content (AvgIpc) is 3.10. The van der Waals surface area contributed by atoms with Crippen molar-refractivity contribution in [2.45, 2.75) is 44.9 Å². The maximum absolute atomic E-state index is 12.1. The molecule has 1 saturated heterocycles. The summed E-state index contributed by atoms with van der Waals surface area (Å²) in [4.78, 5) is 14.5. The molecule has 0 saturated carbocycles. The Morgan fingerprint density at radius 3 is 2.31 bits per heavy atom. The lowest BCUT2D eigenvalue weighted by Gasteiger charge is -2.29. The van der Waals surface area contributed by atoms with Crippen molar-refractivity contribution in [1.29, 1.82) is 5.26 Å². The minimum atomic E-state index is -0.517. The van der Waals surface area contributed by atoms with Gasteiger partial charge in [-0.1, -0.05) is 35.9 Å². The Bertz CT molecular complexity index is 882. The molecule has 2 aromatic rings. The minimum absolute atomic E-state index is 0.0189. The molecule has 29 heavy (non-hydrogen) atoms. The van der Waals surface area contributed by atoms with Gasteiger partial charge in [0, 0.05) is 24.2 Å². The molecule has 0 radical (unpaired) electrons. The largest absolute Gasteiger partial charge is 0.444 e. The molecule has 0 aliphatic carbocycles. The maximum atomic E-state index is 12.1. The summed E-state index contributed by atoms with van der Waals surface area (Å²) >= 11 is 6.08. The molecule has 6 heteroatoms. The second kappa shape index (κ2) is 8.86. The first kappa shape index (κ1) is 21.2. The summed E-state index contributed by atoms with van der Waals surface area (Å²) in [5.41, 5.74) is 2.34. The van der Waals surface area contributed by atoms with E-state index in [0.29, 0.717) is 17.1 Å². The Kier molecular flexibility index (Phi) is 6.46. The molecule has 1 unspecified atom stereocenters. The molecule has 1 aliphatic heterocycles. The van der Waals surface area contributed by atoms with Gasteiger partial charge in [-0.2, -0.15) is 5.26 Å². The number of hydrogen-bond donors (Lipinski definition) is 1. The van der Waals surface area contributed by atoms with Gasteiger partial charge >= 0.3 is 6.09 Å². The SMILES string of the molecule is CC(C)(C)OC(=O)NC1CCN([C@@H](c2ccc(Cl)cc2)c2ccc(C#N)cc2)C1. The first-order valence-corrected chi connectivity index (χ1v) is 10.1. The molecule has 0 spiro atoms. The van der Waals surface area contributed by atoms with Crippen molar-refractivity contribution in [3.05, 3.63) is 70.2 Å². The van der Waals surface area contributed by atoms with E-state index >= 15 is 0 Å². The molecule has 1 aliphatic rings. The summed E-state index contributed by atoms with van der Waals surface area (Å²) in [6.07, 6.45) is 0.463. The minimum Gasteiger partial charge on any atom is -0.444 e. The Balaban J connectivity index is 1.79. The summed E-state index contributed by atoms with van der Waals surface area (Å²) in [6.45, 7) is 7.12. The number of nitrogens with one attached hydrogen (secondary N) is 1. The van der Waals surface area contributed by atoms with Gasteiger partial charge < -0.3 is 10.1 Å². The predicted octanol–water partition coefficient (Wildman–Crippen LogP) is 4.90. The predicted molar refractivity (Wildman–Crippen MR) is 114 cm³/mol. The normalized spacial score (nSPS) is 18.1. The molecule has 2 aromatic carbocycles. The third kappa shape index (κ3) is 5.72. The number of amides is 1. The molecular formula is C23H26ClN3O2. The number of halogens is 1. The van der Waals surface area contributed by atoms with Gasteiger partial charge in [-0.3, -0.25) is 4.90 Å². The number of carbonyl (C=O) groups excluding carboxylic acids is 1. The number of likely N-dealkylation sites (tertiary alicyclic amines) is 1. The third-order valence-corrected chi connectivity index (χ3v) is 5.10. The van der Waals surface area contributed by atoms with E-state index in [0.717, 1.165) is 24.1 Å². The number of carbonyl (C=O) groups is 1. The van der Waals surface area contributed by atoms with E-state index in [4.69, 9.17) is 21.6 Å². The monoisotopic (exact) mass is 411 g/mol. The fourth-order valence-corrected chi connectivity index (χ4v) is 3.74. The molecule has 1 N–H and O–H groups in total. The first-order chi connectivity index (χ1) is 13.7. The fourth-order valence-electron chi connectivity index (χ4n) is 3.61. The van der Waals surface area contributed by atoms with Crippen LogP contribution in [0, 0.1) is 11.3 Å². The van der Waals surface area contributed by atoms with Crippen LogP contribution in [0.3, 0.4) is 0 Å². The van der Waals surface area contributed by atoms with Crippen LogP contribution in [0.1, 0.15) is 49.9 Å². The number of nitrogens with zero attached hydrogens (tertiary/aromatic N) is 2. The summed E-state index contributed by atoms with van der Waals surface area (Å²) in [7, 11) is 0. The van der Waals surface area contributed by atoms with Crippen LogP contribution in [0.4, 0.5) is 4.79 Å². The van der Waals surface area contributed by atoms with E-state index in [2.05, 4.69) is 16.3 Å². The van der Waals surface area contributed by atoms with E-state index in [-0.39, 0.29) is 18.2 Å². The van der Waals surface area contributed by atoms with Gasteiger partial charge in [-0.15, -0.1) is 0 Å². The molecule has 0 bridgehead atoms. The number of hydrogen-bond acceptors (Lipinski definition) is 4. The second-order valence-corrected chi connectivity index (χ2v) is 8.75. The zero-order valence-corrected chi connectivity index (χ0v) is 17.7. The Morgan fingerprint density at radius 2 is 1.76 bits per heavy atom. The molecule has 152 valence electrons. The second-order valence-electron chi connectivity index (χ2n) is 8.31. The number of ether oxygens (including phenoxy) is 1. The maximum Gasteiger partial charge on any atom is 0.407 e. The van der Waals surface area contributed by atoms with Crippen LogP contribution in [-0.4, -0.2) is 35.7 Å². The summed E-state index contributed by atoms with van der Waals surface area (Å²) in [5, 5.41) is 12.8. The van der Waals surface area contributed by atoms with E-state index in [1.165, 1.54) is 0 Å². The van der Waals surface area contributed by atoms with Crippen molar-refractivity contribution in [3.63, 3.8) is 0 Å².